The molecule has 18 heavy (non-hydrogen) atoms. The van der Waals surface area contributed by atoms with E-state index < -0.39 is 6.04 Å². The summed E-state index contributed by atoms with van der Waals surface area (Å²) in [7, 11) is 1.85. The zero-order valence-electron chi connectivity index (χ0n) is 10.8. The molecule has 0 saturated carbocycles. The topological polar surface area (TPSA) is 46.3 Å². The molecule has 2 atom stereocenters. The lowest BCUT2D eigenvalue weighted by Crippen LogP contribution is -2.42. The number of hydrogen-bond donors (Lipinski definition) is 1. The number of benzene rings is 1. The Labute approximate surface area is 108 Å². The minimum absolute atomic E-state index is 0.00315. The molecule has 1 aliphatic carbocycles. The first-order chi connectivity index (χ1) is 8.65. The lowest BCUT2D eigenvalue weighted by molar-refractivity contribution is -0.133. The lowest BCUT2D eigenvalue weighted by atomic mass is 10.1. The molecule has 0 heterocycles. The molecule has 0 saturated heterocycles. The molecule has 1 aromatic rings. The molecule has 2 rings (SSSR count). The molecule has 0 bridgehead atoms. The Morgan fingerprint density at radius 1 is 1.61 bits per heavy atom. The Kier molecular flexibility index (Phi) is 3.82. The number of hydrogen-bond acceptors (Lipinski definition) is 2. The maximum Gasteiger partial charge on any atom is 0.240 e. The summed E-state index contributed by atoms with van der Waals surface area (Å²) in [5, 5.41) is 0. The zero-order chi connectivity index (χ0) is 13.1. The van der Waals surface area contributed by atoms with E-state index in [1.54, 1.807) is 11.0 Å². The van der Waals surface area contributed by atoms with Crippen LogP contribution in [-0.2, 0) is 11.2 Å². The maximum absolute atomic E-state index is 12.2. The van der Waals surface area contributed by atoms with Gasteiger partial charge in [-0.25, -0.2) is 0 Å². The highest BCUT2D eigenvalue weighted by Crippen LogP contribution is 2.34. The van der Waals surface area contributed by atoms with Crippen LogP contribution in [0.4, 0.5) is 0 Å². The van der Waals surface area contributed by atoms with Crippen molar-refractivity contribution in [2.24, 2.45) is 5.73 Å². The SMILES string of the molecule is C=CCC(N)C(=O)N(C)C1CCc2ccccc21. The van der Waals surface area contributed by atoms with E-state index in [2.05, 4.69) is 18.7 Å². The van der Waals surface area contributed by atoms with Crippen molar-refractivity contribution in [2.45, 2.75) is 31.3 Å². The Bertz CT molecular complexity index is 456. The van der Waals surface area contributed by atoms with E-state index in [-0.39, 0.29) is 11.9 Å². The minimum Gasteiger partial charge on any atom is -0.337 e. The second-order valence-electron chi connectivity index (χ2n) is 4.83. The van der Waals surface area contributed by atoms with E-state index in [0.29, 0.717) is 6.42 Å². The third kappa shape index (κ3) is 2.31. The Hall–Kier alpha value is -1.61. The van der Waals surface area contributed by atoms with Crippen LogP contribution in [0.1, 0.15) is 30.0 Å². The van der Waals surface area contributed by atoms with Crippen LogP contribution >= 0.6 is 0 Å². The van der Waals surface area contributed by atoms with E-state index in [0.717, 1.165) is 12.8 Å². The summed E-state index contributed by atoms with van der Waals surface area (Å²) in [6.45, 7) is 3.63. The van der Waals surface area contributed by atoms with Crippen LogP contribution in [0.5, 0.6) is 0 Å². The highest BCUT2D eigenvalue weighted by molar-refractivity contribution is 5.82. The number of carbonyl (C=O) groups excluding carboxylic acids is 1. The molecule has 3 heteroatoms. The van der Waals surface area contributed by atoms with Crippen LogP contribution in [0.25, 0.3) is 0 Å². The van der Waals surface area contributed by atoms with Crippen LogP contribution in [0.2, 0.25) is 0 Å². The summed E-state index contributed by atoms with van der Waals surface area (Å²) in [5.41, 5.74) is 8.46. The molecule has 2 unspecified atom stereocenters. The summed E-state index contributed by atoms with van der Waals surface area (Å²) < 4.78 is 0. The molecule has 1 aromatic carbocycles. The van der Waals surface area contributed by atoms with Crippen LogP contribution in [0, 0.1) is 0 Å². The van der Waals surface area contributed by atoms with Gasteiger partial charge >= 0.3 is 0 Å². The van der Waals surface area contributed by atoms with E-state index in [4.69, 9.17) is 5.73 Å². The molecule has 3 nitrogen and oxygen atoms in total. The zero-order valence-corrected chi connectivity index (χ0v) is 10.8. The van der Waals surface area contributed by atoms with Gasteiger partial charge in [0.2, 0.25) is 5.91 Å². The van der Waals surface area contributed by atoms with Gasteiger partial charge < -0.3 is 10.6 Å². The molecule has 1 amide bonds. The predicted octanol–water partition coefficient (Wildman–Crippen LogP) is 2.04. The third-order valence-corrected chi connectivity index (χ3v) is 3.65. The fourth-order valence-corrected chi connectivity index (χ4v) is 2.63. The number of likely N-dealkylation sites (N-methyl/N-ethyl adjacent to an activating group) is 1. The van der Waals surface area contributed by atoms with Gasteiger partial charge in [-0.15, -0.1) is 6.58 Å². The van der Waals surface area contributed by atoms with Crippen molar-refractivity contribution in [2.75, 3.05) is 7.05 Å². The van der Waals surface area contributed by atoms with Gasteiger partial charge in [-0.2, -0.15) is 0 Å². The van der Waals surface area contributed by atoms with Gasteiger partial charge in [0.15, 0.2) is 0 Å². The molecule has 0 spiro atoms. The molecule has 0 radical (unpaired) electrons. The molecule has 2 N–H and O–H groups in total. The summed E-state index contributed by atoms with van der Waals surface area (Å²) in [6.07, 6.45) is 4.24. The van der Waals surface area contributed by atoms with E-state index in [1.807, 2.05) is 19.2 Å². The fourth-order valence-electron chi connectivity index (χ4n) is 2.63. The Morgan fingerprint density at radius 3 is 3.06 bits per heavy atom. The molecule has 0 fully saturated rings. The quantitative estimate of drug-likeness (QED) is 0.824. The number of nitrogens with zero attached hydrogens (tertiary/aromatic N) is 1. The first-order valence-corrected chi connectivity index (χ1v) is 6.36. The fraction of sp³-hybridized carbons (Fsp3) is 0.400. The normalized spacial score (nSPS) is 19.1. The summed E-state index contributed by atoms with van der Waals surface area (Å²) in [6, 6.07) is 8.02. The number of rotatable bonds is 4. The lowest BCUT2D eigenvalue weighted by Gasteiger charge is -2.27. The van der Waals surface area contributed by atoms with Crippen molar-refractivity contribution in [1.29, 1.82) is 0 Å². The Morgan fingerprint density at radius 2 is 2.33 bits per heavy atom. The first-order valence-electron chi connectivity index (χ1n) is 6.36. The monoisotopic (exact) mass is 244 g/mol. The molecule has 96 valence electrons. The molecule has 0 aliphatic heterocycles. The average Bonchev–Trinajstić information content (AvgIpc) is 2.81. The molecule has 1 aliphatic rings. The largest absolute Gasteiger partial charge is 0.337 e. The van der Waals surface area contributed by atoms with Crippen molar-refractivity contribution in [3.8, 4) is 0 Å². The second-order valence-corrected chi connectivity index (χ2v) is 4.83. The van der Waals surface area contributed by atoms with Gasteiger partial charge in [0, 0.05) is 7.05 Å². The van der Waals surface area contributed by atoms with Crippen LogP contribution in [0.3, 0.4) is 0 Å². The molecular formula is C15H20N2O. The van der Waals surface area contributed by atoms with Crippen molar-refractivity contribution in [3.05, 3.63) is 48.0 Å². The van der Waals surface area contributed by atoms with E-state index in [1.165, 1.54) is 11.1 Å². The number of amides is 1. The highest BCUT2D eigenvalue weighted by atomic mass is 16.2. The Balaban J connectivity index is 2.14. The first kappa shape index (κ1) is 12.8. The molecular weight excluding hydrogens is 224 g/mol. The van der Waals surface area contributed by atoms with Gasteiger partial charge in [0.05, 0.1) is 12.1 Å². The van der Waals surface area contributed by atoms with Gasteiger partial charge in [0.25, 0.3) is 0 Å². The van der Waals surface area contributed by atoms with E-state index >= 15 is 0 Å². The van der Waals surface area contributed by atoms with Gasteiger partial charge in [-0.1, -0.05) is 30.3 Å². The van der Waals surface area contributed by atoms with Crippen molar-refractivity contribution in [1.82, 2.24) is 4.90 Å². The number of nitrogens with two attached hydrogens (primary N) is 1. The summed E-state index contributed by atoms with van der Waals surface area (Å²) in [5.74, 6) is -0.00315. The van der Waals surface area contributed by atoms with Crippen LogP contribution < -0.4 is 5.73 Å². The third-order valence-electron chi connectivity index (χ3n) is 3.65. The number of aryl methyl sites for hydroxylation is 1. The van der Waals surface area contributed by atoms with Crippen molar-refractivity contribution in [3.63, 3.8) is 0 Å². The van der Waals surface area contributed by atoms with Gasteiger partial charge in [0.1, 0.15) is 0 Å². The smallest absolute Gasteiger partial charge is 0.240 e. The van der Waals surface area contributed by atoms with Crippen molar-refractivity contribution < 1.29 is 4.79 Å². The van der Waals surface area contributed by atoms with Gasteiger partial charge in [-0.05, 0) is 30.4 Å². The average molecular weight is 244 g/mol. The summed E-state index contributed by atoms with van der Waals surface area (Å²) >= 11 is 0. The van der Waals surface area contributed by atoms with Crippen LogP contribution in [-0.4, -0.2) is 23.9 Å². The number of carbonyl (C=O) groups is 1. The van der Waals surface area contributed by atoms with Gasteiger partial charge in [-0.3, -0.25) is 4.79 Å². The van der Waals surface area contributed by atoms with E-state index in [9.17, 15) is 4.79 Å². The minimum atomic E-state index is -0.472. The predicted molar refractivity (Wildman–Crippen MR) is 73.1 cm³/mol. The maximum atomic E-state index is 12.2. The standard InChI is InChI=1S/C15H20N2O/c1-3-6-13(16)15(18)17(2)14-10-9-11-7-4-5-8-12(11)14/h3-5,7-8,13-14H,1,6,9-10,16H2,2H3. The highest BCUT2D eigenvalue weighted by Gasteiger charge is 2.29. The van der Waals surface area contributed by atoms with Crippen molar-refractivity contribution >= 4 is 5.91 Å². The second kappa shape index (κ2) is 5.36. The molecule has 0 aromatic heterocycles. The summed E-state index contributed by atoms with van der Waals surface area (Å²) in [4.78, 5) is 14.0. The number of fused-ring (bicyclic) bond motifs is 1. The van der Waals surface area contributed by atoms with Crippen LogP contribution in [0.15, 0.2) is 36.9 Å².